The van der Waals surface area contributed by atoms with Crippen LogP contribution in [0.2, 0.25) is 0 Å². The maximum atomic E-state index is 12.3. The number of fused-ring (bicyclic) bond motifs is 1. The van der Waals surface area contributed by atoms with Gasteiger partial charge in [0.15, 0.2) is 5.54 Å². The Morgan fingerprint density at radius 3 is 2.72 bits per heavy atom. The van der Waals surface area contributed by atoms with Crippen LogP contribution in [0.25, 0.3) is 0 Å². The molecule has 2 aliphatic rings. The Morgan fingerprint density at radius 1 is 1.44 bits per heavy atom. The van der Waals surface area contributed by atoms with Gasteiger partial charge in [0.25, 0.3) is 0 Å². The average molecular weight is 249 g/mol. The lowest BCUT2D eigenvalue weighted by molar-refractivity contribution is -0.163. The molecule has 0 aromatic heterocycles. The molecule has 1 aliphatic heterocycles. The highest BCUT2D eigenvalue weighted by atomic mass is 16.5. The molecule has 2 rings (SSSR count). The lowest BCUT2D eigenvalue weighted by Gasteiger charge is -2.48. The first-order chi connectivity index (χ1) is 8.43. The number of carbonyl (C=O) groups excluding carboxylic acids is 2. The number of carbonyl (C=O) groups is 2. The number of amides is 1. The van der Waals surface area contributed by atoms with Gasteiger partial charge >= 0.3 is 5.97 Å². The topological polar surface area (TPSA) is 46.6 Å². The van der Waals surface area contributed by atoms with Crippen molar-refractivity contribution in [3.05, 3.63) is 23.3 Å². The van der Waals surface area contributed by atoms with E-state index in [1.807, 2.05) is 13.0 Å². The molecule has 1 amide bonds. The highest BCUT2D eigenvalue weighted by Crippen LogP contribution is 2.44. The summed E-state index contributed by atoms with van der Waals surface area (Å²) in [4.78, 5) is 25.7. The summed E-state index contributed by atoms with van der Waals surface area (Å²) >= 11 is 0. The van der Waals surface area contributed by atoms with Gasteiger partial charge in [-0.05, 0) is 26.3 Å². The Balaban J connectivity index is 2.55. The number of methoxy groups -OCH3 is 1. The number of rotatable bonds is 1. The van der Waals surface area contributed by atoms with Crippen molar-refractivity contribution >= 4 is 11.9 Å². The first kappa shape index (κ1) is 12.9. The summed E-state index contributed by atoms with van der Waals surface area (Å²) in [5.41, 5.74) is 1.61. The molecule has 0 bridgehead atoms. The molecule has 0 spiro atoms. The fourth-order valence-electron chi connectivity index (χ4n) is 3.00. The number of likely N-dealkylation sites (N-methyl/N-ethyl adjacent to an activating group) is 1. The molecule has 2 atom stereocenters. The molecule has 0 aromatic rings. The fourth-order valence-corrected chi connectivity index (χ4v) is 3.00. The molecule has 0 aromatic carbocycles. The standard InChI is InChI=1S/C14H19NO3/c1-9-7-11-5-6-12(16)15(3)14(11,8-10(9)2)13(17)18-4/h5-6,11H,7-8H2,1-4H3/t11-,14+/m0/s1. The van der Waals surface area contributed by atoms with Gasteiger partial charge in [0.2, 0.25) is 5.91 Å². The van der Waals surface area contributed by atoms with E-state index in [0.717, 1.165) is 6.42 Å². The highest BCUT2D eigenvalue weighted by molar-refractivity contribution is 5.96. The summed E-state index contributed by atoms with van der Waals surface area (Å²) in [6, 6.07) is 0. The number of hydrogen-bond acceptors (Lipinski definition) is 3. The molecule has 0 unspecified atom stereocenters. The van der Waals surface area contributed by atoms with Crippen LogP contribution in [-0.2, 0) is 14.3 Å². The molecule has 0 N–H and O–H groups in total. The second-order valence-corrected chi connectivity index (χ2v) is 5.22. The van der Waals surface area contributed by atoms with Crippen molar-refractivity contribution in [2.24, 2.45) is 5.92 Å². The van der Waals surface area contributed by atoms with Gasteiger partial charge in [-0.25, -0.2) is 4.79 Å². The summed E-state index contributed by atoms with van der Waals surface area (Å²) in [7, 11) is 3.06. The second kappa shape index (κ2) is 4.26. The van der Waals surface area contributed by atoms with Crippen LogP contribution >= 0.6 is 0 Å². The Labute approximate surface area is 107 Å². The van der Waals surface area contributed by atoms with Crippen molar-refractivity contribution in [1.82, 2.24) is 4.90 Å². The molecule has 4 heteroatoms. The maximum absolute atomic E-state index is 12.3. The number of esters is 1. The van der Waals surface area contributed by atoms with Crippen molar-refractivity contribution < 1.29 is 14.3 Å². The van der Waals surface area contributed by atoms with Crippen LogP contribution in [0.3, 0.4) is 0 Å². The molecule has 98 valence electrons. The van der Waals surface area contributed by atoms with Gasteiger partial charge in [0.1, 0.15) is 0 Å². The summed E-state index contributed by atoms with van der Waals surface area (Å²) in [5.74, 6) is -0.445. The zero-order valence-electron chi connectivity index (χ0n) is 11.3. The van der Waals surface area contributed by atoms with Crippen molar-refractivity contribution in [3.8, 4) is 0 Å². The van der Waals surface area contributed by atoms with Crippen LogP contribution in [0.4, 0.5) is 0 Å². The summed E-state index contributed by atoms with van der Waals surface area (Å²) in [5, 5.41) is 0. The minimum absolute atomic E-state index is 0.0105. The highest BCUT2D eigenvalue weighted by Gasteiger charge is 2.54. The predicted octanol–water partition coefficient (Wildman–Crippen LogP) is 1.67. The van der Waals surface area contributed by atoms with E-state index in [2.05, 4.69) is 6.92 Å². The van der Waals surface area contributed by atoms with E-state index < -0.39 is 5.54 Å². The molecule has 0 saturated carbocycles. The lowest BCUT2D eigenvalue weighted by atomic mass is 9.68. The molecule has 18 heavy (non-hydrogen) atoms. The molecule has 0 radical (unpaired) electrons. The van der Waals surface area contributed by atoms with Crippen molar-refractivity contribution in [3.63, 3.8) is 0 Å². The summed E-state index contributed by atoms with van der Waals surface area (Å²) in [6.45, 7) is 4.10. The quantitative estimate of drug-likeness (QED) is 0.524. The largest absolute Gasteiger partial charge is 0.467 e. The number of hydrogen-bond donors (Lipinski definition) is 0. The third kappa shape index (κ3) is 1.59. The van der Waals surface area contributed by atoms with Gasteiger partial charge in [0.05, 0.1) is 7.11 Å². The van der Waals surface area contributed by atoms with Crippen LogP contribution in [0.1, 0.15) is 26.7 Å². The van der Waals surface area contributed by atoms with E-state index >= 15 is 0 Å². The van der Waals surface area contributed by atoms with Crippen molar-refractivity contribution in [2.75, 3.05) is 14.2 Å². The first-order valence-corrected chi connectivity index (χ1v) is 6.13. The first-order valence-electron chi connectivity index (χ1n) is 6.13. The van der Waals surface area contributed by atoms with E-state index in [0.29, 0.717) is 6.42 Å². The summed E-state index contributed by atoms with van der Waals surface area (Å²) < 4.78 is 4.96. The van der Waals surface area contributed by atoms with Gasteiger partial charge in [-0.3, -0.25) is 4.79 Å². The van der Waals surface area contributed by atoms with Gasteiger partial charge in [-0.1, -0.05) is 17.2 Å². The minimum atomic E-state index is -0.857. The third-order valence-electron chi connectivity index (χ3n) is 4.34. The Hall–Kier alpha value is -1.58. The van der Waals surface area contributed by atoms with E-state index in [1.165, 1.54) is 18.3 Å². The summed E-state index contributed by atoms with van der Waals surface area (Å²) in [6.07, 6.45) is 4.77. The fraction of sp³-hybridized carbons (Fsp3) is 0.571. The van der Waals surface area contributed by atoms with Crippen LogP contribution in [0, 0.1) is 5.92 Å². The van der Waals surface area contributed by atoms with Crippen LogP contribution in [-0.4, -0.2) is 36.5 Å². The Bertz CT molecular complexity index is 464. The second-order valence-electron chi connectivity index (χ2n) is 5.22. The van der Waals surface area contributed by atoms with Crippen LogP contribution in [0.5, 0.6) is 0 Å². The number of allylic oxidation sites excluding steroid dienone is 1. The van der Waals surface area contributed by atoms with Crippen LogP contribution < -0.4 is 0 Å². The number of ether oxygens (including phenoxy) is 1. The molecular weight excluding hydrogens is 230 g/mol. The van der Waals surface area contributed by atoms with Gasteiger partial charge in [-0.2, -0.15) is 0 Å². The molecule has 0 fully saturated rings. The third-order valence-corrected chi connectivity index (χ3v) is 4.34. The van der Waals surface area contributed by atoms with E-state index in [-0.39, 0.29) is 17.8 Å². The van der Waals surface area contributed by atoms with E-state index in [4.69, 9.17) is 4.74 Å². The lowest BCUT2D eigenvalue weighted by Crippen LogP contribution is -2.62. The monoisotopic (exact) mass is 249 g/mol. The zero-order valence-corrected chi connectivity index (χ0v) is 11.3. The van der Waals surface area contributed by atoms with Crippen molar-refractivity contribution in [2.45, 2.75) is 32.2 Å². The molecule has 1 aliphatic carbocycles. The molecule has 0 saturated heterocycles. The van der Waals surface area contributed by atoms with Crippen LogP contribution in [0.15, 0.2) is 23.3 Å². The van der Waals surface area contributed by atoms with Crippen molar-refractivity contribution in [1.29, 1.82) is 0 Å². The number of nitrogens with zero attached hydrogens (tertiary/aromatic N) is 1. The zero-order chi connectivity index (χ0) is 13.5. The Morgan fingerprint density at radius 2 is 2.11 bits per heavy atom. The molecular formula is C14H19NO3. The van der Waals surface area contributed by atoms with Gasteiger partial charge in [-0.15, -0.1) is 0 Å². The molecule has 4 nitrogen and oxygen atoms in total. The van der Waals surface area contributed by atoms with Gasteiger partial charge in [0, 0.05) is 19.4 Å². The average Bonchev–Trinajstić information content (AvgIpc) is 2.36. The maximum Gasteiger partial charge on any atom is 0.332 e. The predicted molar refractivity (Wildman–Crippen MR) is 67.8 cm³/mol. The minimum Gasteiger partial charge on any atom is -0.467 e. The van der Waals surface area contributed by atoms with E-state index in [9.17, 15) is 9.59 Å². The van der Waals surface area contributed by atoms with Gasteiger partial charge < -0.3 is 9.64 Å². The molecule has 1 heterocycles. The smallest absolute Gasteiger partial charge is 0.332 e. The van der Waals surface area contributed by atoms with E-state index in [1.54, 1.807) is 18.0 Å². The SMILES string of the molecule is COC(=O)[C@@]12CC(C)=C(C)C[C@@H]1C=CC(=O)N2C. The Kier molecular flexibility index (Phi) is 3.05. The normalized spacial score (nSPS) is 31.4.